The Kier molecular flexibility index (Phi) is 2.15. The van der Waals surface area contributed by atoms with Crippen LogP contribution in [0, 0.1) is 0 Å². The molecule has 0 atom stereocenters. The smallest absolute Gasteiger partial charge is 0.262 e. The molecule has 5 heteroatoms. The zero-order valence-corrected chi connectivity index (χ0v) is 8.79. The van der Waals surface area contributed by atoms with Crippen molar-refractivity contribution in [2.24, 2.45) is 0 Å². The number of nitrogens with one attached hydrogen (secondary N) is 1. The van der Waals surface area contributed by atoms with Crippen molar-refractivity contribution >= 4 is 11.0 Å². The number of rotatable bonds is 1. The van der Waals surface area contributed by atoms with Gasteiger partial charge < -0.3 is 4.98 Å². The van der Waals surface area contributed by atoms with Crippen LogP contribution in [-0.4, -0.2) is 19.9 Å². The van der Waals surface area contributed by atoms with Crippen LogP contribution in [0.3, 0.4) is 0 Å². The second-order valence-corrected chi connectivity index (χ2v) is 3.52. The minimum absolute atomic E-state index is 0.227. The van der Waals surface area contributed by atoms with Gasteiger partial charge in [0.05, 0.1) is 12.0 Å². The van der Waals surface area contributed by atoms with Crippen LogP contribution in [0.5, 0.6) is 0 Å². The lowest BCUT2D eigenvalue weighted by atomic mass is 10.1. The molecule has 2 aromatic heterocycles. The van der Waals surface area contributed by atoms with Gasteiger partial charge in [0.2, 0.25) is 0 Å². The SMILES string of the molecule is O=c1[nH]cnc2ncnc(-c3ccccc3)c12. The van der Waals surface area contributed by atoms with E-state index in [0.29, 0.717) is 16.7 Å². The van der Waals surface area contributed by atoms with Crippen LogP contribution in [0.2, 0.25) is 0 Å². The largest absolute Gasteiger partial charge is 0.312 e. The topological polar surface area (TPSA) is 71.5 Å². The van der Waals surface area contributed by atoms with Crippen LogP contribution in [0.4, 0.5) is 0 Å². The summed E-state index contributed by atoms with van der Waals surface area (Å²) in [5.74, 6) is 0. The first-order valence-corrected chi connectivity index (χ1v) is 5.10. The normalized spacial score (nSPS) is 10.6. The standard InChI is InChI=1S/C12H8N4O/c17-12-9-10(8-4-2-1-3-5-8)13-6-14-11(9)15-7-16-12/h1-7H,(H,13,14,15,16,17). The molecule has 2 heterocycles. The molecule has 0 spiro atoms. The van der Waals surface area contributed by atoms with Crippen LogP contribution in [-0.2, 0) is 0 Å². The third kappa shape index (κ3) is 1.57. The highest BCUT2D eigenvalue weighted by molar-refractivity contribution is 5.88. The maximum absolute atomic E-state index is 11.8. The highest BCUT2D eigenvalue weighted by Crippen LogP contribution is 2.20. The van der Waals surface area contributed by atoms with Crippen molar-refractivity contribution in [2.75, 3.05) is 0 Å². The minimum atomic E-state index is -0.227. The van der Waals surface area contributed by atoms with Crippen molar-refractivity contribution < 1.29 is 0 Å². The fourth-order valence-corrected chi connectivity index (χ4v) is 1.72. The molecule has 0 aliphatic heterocycles. The average molecular weight is 224 g/mol. The van der Waals surface area contributed by atoms with Gasteiger partial charge in [0, 0.05) is 5.56 Å². The fraction of sp³-hybridized carbons (Fsp3) is 0. The summed E-state index contributed by atoms with van der Waals surface area (Å²) in [6.45, 7) is 0. The number of benzene rings is 1. The summed E-state index contributed by atoms with van der Waals surface area (Å²) in [4.78, 5) is 26.5. The Morgan fingerprint density at radius 3 is 2.65 bits per heavy atom. The molecule has 0 amide bonds. The molecular formula is C12H8N4O. The average Bonchev–Trinajstić information content (AvgIpc) is 2.39. The number of hydrogen-bond acceptors (Lipinski definition) is 4. The van der Waals surface area contributed by atoms with E-state index in [1.807, 2.05) is 30.3 Å². The van der Waals surface area contributed by atoms with Crippen molar-refractivity contribution in [3.8, 4) is 11.3 Å². The summed E-state index contributed by atoms with van der Waals surface area (Å²) >= 11 is 0. The molecule has 1 N–H and O–H groups in total. The lowest BCUT2D eigenvalue weighted by molar-refractivity contribution is 1.11. The Hall–Kier alpha value is -2.56. The van der Waals surface area contributed by atoms with Gasteiger partial charge in [-0.25, -0.2) is 15.0 Å². The highest BCUT2D eigenvalue weighted by Gasteiger charge is 2.09. The maximum atomic E-state index is 11.8. The molecular weight excluding hydrogens is 216 g/mol. The molecule has 0 aliphatic rings. The molecule has 1 aromatic carbocycles. The van der Waals surface area contributed by atoms with E-state index >= 15 is 0 Å². The molecule has 0 saturated heterocycles. The first-order chi connectivity index (χ1) is 8.36. The van der Waals surface area contributed by atoms with Gasteiger partial charge in [-0.3, -0.25) is 4.79 Å². The predicted molar refractivity (Wildman–Crippen MR) is 63.4 cm³/mol. The third-order valence-corrected chi connectivity index (χ3v) is 2.48. The summed E-state index contributed by atoms with van der Waals surface area (Å²) in [6, 6.07) is 9.50. The summed E-state index contributed by atoms with van der Waals surface area (Å²) < 4.78 is 0. The van der Waals surface area contributed by atoms with E-state index in [2.05, 4.69) is 19.9 Å². The van der Waals surface area contributed by atoms with Crippen LogP contribution in [0.25, 0.3) is 22.3 Å². The monoisotopic (exact) mass is 224 g/mol. The van der Waals surface area contributed by atoms with Crippen molar-refractivity contribution in [1.82, 2.24) is 19.9 Å². The first-order valence-electron chi connectivity index (χ1n) is 5.10. The molecule has 0 radical (unpaired) electrons. The molecule has 82 valence electrons. The molecule has 0 aliphatic carbocycles. The summed E-state index contributed by atoms with van der Waals surface area (Å²) in [7, 11) is 0. The molecule has 3 rings (SSSR count). The van der Waals surface area contributed by atoms with Gasteiger partial charge in [0.15, 0.2) is 5.65 Å². The van der Waals surface area contributed by atoms with Crippen molar-refractivity contribution in [1.29, 1.82) is 0 Å². The molecule has 3 aromatic rings. The van der Waals surface area contributed by atoms with Gasteiger partial charge in [-0.1, -0.05) is 30.3 Å². The van der Waals surface area contributed by atoms with E-state index in [0.717, 1.165) is 5.56 Å². The van der Waals surface area contributed by atoms with E-state index in [9.17, 15) is 4.79 Å². The second-order valence-electron chi connectivity index (χ2n) is 3.52. The Labute approximate surface area is 96.2 Å². The van der Waals surface area contributed by atoms with Crippen molar-refractivity contribution in [3.05, 3.63) is 53.3 Å². The Balaban J connectivity index is 2.42. The van der Waals surface area contributed by atoms with Crippen LogP contribution >= 0.6 is 0 Å². The number of nitrogens with zero attached hydrogens (tertiary/aromatic N) is 3. The molecule has 0 unspecified atom stereocenters. The first kappa shape index (κ1) is 9.65. The highest BCUT2D eigenvalue weighted by atomic mass is 16.1. The van der Waals surface area contributed by atoms with Crippen LogP contribution in [0.15, 0.2) is 47.8 Å². The van der Waals surface area contributed by atoms with Crippen molar-refractivity contribution in [3.63, 3.8) is 0 Å². The van der Waals surface area contributed by atoms with Gasteiger partial charge in [0.1, 0.15) is 11.7 Å². The zero-order chi connectivity index (χ0) is 11.7. The van der Waals surface area contributed by atoms with Gasteiger partial charge in [-0.2, -0.15) is 0 Å². The maximum Gasteiger partial charge on any atom is 0.262 e. The quantitative estimate of drug-likeness (QED) is 0.677. The Bertz CT molecular complexity index is 716. The number of aromatic nitrogens is 4. The summed E-state index contributed by atoms with van der Waals surface area (Å²) in [5, 5.41) is 0.418. The number of H-pyrrole nitrogens is 1. The molecule has 0 fully saturated rings. The van der Waals surface area contributed by atoms with E-state index in [-0.39, 0.29) is 5.56 Å². The second kappa shape index (κ2) is 3.79. The summed E-state index contributed by atoms with van der Waals surface area (Å²) in [6.07, 6.45) is 2.75. The van der Waals surface area contributed by atoms with E-state index < -0.39 is 0 Å². The lowest BCUT2D eigenvalue weighted by Crippen LogP contribution is -2.09. The fourth-order valence-electron chi connectivity index (χ4n) is 1.72. The van der Waals surface area contributed by atoms with Crippen LogP contribution < -0.4 is 5.56 Å². The van der Waals surface area contributed by atoms with Crippen LogP contribution in [0.1, 0.15) is 0 Å². The minimum Gasteiger partial charge on any atom is -0.312 e. The lowest BCUT2D eigenvalue weighted by Gasteiger charge is -2.02. The van der Waals surface area contributed by atoms with E-state index in [1.165, 1.54) is 12.7 Å². The molecule has 5 nitrogen and oxygen atoms in total. The number of aromatic amines is 1. The predicted octanol–water partition coefficient (Wildman–Crippen LogP) is 1.38. The Morgan fingerprint density at radius 2 is 1.82 bits per heavy atom. The summed E-state index contributed by atoms with van der Waals surface area (Å²) in [5.41, 5.74) is 1.65. The van der Waals surface area contributed by atoms with Crippen molar-refractivity contribution in [2.45, 2.75) is 0 Å². The Morgan fingerprint density at radius 1 is 1.00 bits per heavy atom. The van der Waals surface area contributed by atoms with Gasteiger partial charge in [-0.15, -0.1) is 0 Å². The van der Waals surface area contributed by atoms with Gasteiger partial charge in [-0.05, 0) is 0 Å². The van der Waals surface area contributed by atoms with E-state index in [4.69, 9.17) is 0 Å². The van der Waals surface area contributed by atoms with E-state index in [1.54, 1.807) is 0 Å². The molecule has 0 bridgehead atoms. The van der Waals surface area contributed by atoms with Gasteiger partial charge in [0.25, 0.3) is 5.56 Å². The molecule has 17 heavy (non-hydrogen) atoms. The number of fused-ring (bicyclic) bond motifs is 1. The number of hydrogen-bond donors (Lipinski definition) is 1. The van der Waals surface area contributed by atoms with Gasteiger partial charge >= 0.3 is 0 Å². The zero-order valence-electron chi connectivity index (χ0n) is 8.79. The molecule has 0 saturated carbocycles. The third-order valence-electron chi connectivity index (χ3n) is 2.48.